The Bertz CT molecular complexity index is 665. The summed E-state index contributed by atoms with van der Waals surface area (Å²) >= 11 is 0. The van der Waals surface area contributed by atoms with Gasteiger partial charge in [-0.15, -0.1) is 17.7 Å². The zero-order valence-electron chi connectivity index (χ0n) is 10.3. The van der Waals surface area contributed by atoms with Gasteiger partial charge in [-0.05, 0) is 12.1 Å². The van der Waals surface area contributed by atoms with Gasteiger partial charge in [-0.3, -0.25) is 4.68 Å². The van der Waals surface area contributed by atoms with Crippen LogP contribution in [0.15, 0.2) is 60.8 Å². The molecule has 19 heavy (non-hydrogen) atoms. The van der Waals surface area contributed by atoms with Crippen molar-refractivity contribution >= 4 is 0 Å². The van der Waals surface area contributed by atoms with Gasteiger partial charge in [0.05, 0.1) is 0 Å². The Hall–Kier alpha value is -1.93. The van der Waals surface area contributed by atoms with Gasteiger partial charge >= 0.3 is 0 Å². The summed E-state index contributed by atoms with van der Waals surface area (Å²) in [7, 11) is 0. The quantitative estimate of drug-likeness (QED) is 0.583. The van der Waals surface area contributed by atoms with Crippen LogP contribution in [0.1, 0.15) is 0 Å². The predicted molar refractivity (Wildman–Crippen MR) is 69.5 cm³/mol. The van der Waals surface area contributed by atoms with Crippen molar-refractivity contribution in [1.82, 2.24) is 9.78 Å². The van der Waals surface area contributed by atoms with Gasteiger partial charge in [-0.25, -0.2) is 11.2 Å². The number of para-hydroxylation sites is 2. The molecule has 0 fully saturated rings. The SMILES string of the molecule is Oc1ccccc1-n1c[c-]c(-c2ccccc2)n1.[Zn]. The standard InChI is InChI=1S/C15H11N2O.Zn/c18-15-9-5-4-8-14(15)17-11-10-13(16-17)12-6-2-1-3-7-12;/h1-9,11,18H;/q-1;. The molecule has 0 saturated heterocycles. The molecule has 4 heteroatoms. The molecular weight excluding hydrogens is 290 g/mol. The third-order valence-electron chi connectivity index (χ3n) is 2.71. The van der Waals surface area contributed by atoms with Crippen molar-refractivity contribution in [2.45, 2.75) is 0 Å². The van der Waals surface area contributed by atoms with E-state index in [1.807, 2.05) is 42.5 Å². The topological polar surface area (TPSA) is 38.0 Å². The second kappa shape index (κ2) is 5.81. The number of phenols is 1. The normalized spacial score (nSPS) is 9.89. The van der Waals surface area contributed by atoms with Crippen LogP contribution in [-0.2, 0) is 19.5 Å². The zero-order valence-corrected chi connectivity index (χ0v) is 13.3. The molecule has 0 atom stereocenters. The number of aromatic hydroxyl groups is 1. The molecule has 2 aromatic carbocycles. The summed E-state index contributed by atoms with van der Waals surface area (Å²) in [6.07, 6.45) is 1.72. The van der Waals surface area contributed by atoms with Crippen molar-refractivity contribution in [1.29, 1.82) is 0 Å². The summed E-state index contributed by atoms with van der Waals surface area (Å²) in [4.78, 5) is 0. The number of rotatable bonds is 2. The molecule has 3 nitrogen and oxygen atoms in total. The second-order valence-electron chi connectivity index (χ2n) is 3.92. The van der Waals surface area contributed by atoms with Crippen LogP contribution in [-0.4, -0.2) is 14.9 Å². The molecule has 1 aromatic heterocycles. The first-order chi connectivity index (χ1) is 8.84. The maximum Gasteiger partial charge on any atom is 0.141 e. The molecule has 0 aliphatic heterocycles. The van der Waals surface area contributed by atoms with Gasteiger partial charge in [0, 0.05) is 19.5 Å². The molecule has 1 N–H and O–H groups in total. The van der Waals surface area contributed by atoms with Crippen LogP contribution < -0.4 is 0 Å². The van der Waals surface area contributed by atoms with Crippen LogP contribution in [0.3, 0.4) is 0 Å². The van der Waals surface area contributed by atoms with Crippen molar-refractivity contribution in [2.75, 3.05) is 0 Å². The molecule has 3 aromatic rings. The first-order valence-electron chi connectivity index (χ1n) is 5.66. The smallest absolute Gasteiger partial charge is 0.141 e. The van der Waals surface area contributed by atoms with E-state index in [0.717, 1.165) is 11.3 Å². The number of hydrogen-bond acceptors (Lipinski definition) is 2. The van der Waals surface area contributed by atoms with E-state index in [0.29, 0.717) is 5.69 Å². The Kier molecular flexibility index (Phi) is 4.13. The van der Waals surface area contributed by atoms with E-state index in [1.165, 1.54) is 0 Å². The van der Waals surface area contributed by atoms with Gasteiger partial charge in [0.15, 0.2) is 0 Å². The molecular formula is C15H11N2OZn-. The van der Waals surface area contributed by atoms with Crippen LogP contribution in [0.4, 0.5) is 0 Å². The number of phenolic OH excluding ortho intramolecular Hbond substituents is 1. The van der Waals surface area contributed by atoms with E-state index < -0.39 is 0 Å². The van der Waals surface area contributed by atoms with E-state index >= 15 is 0 Å². The first-order valence-corrected chi connectivity index (χ1v) is 5.66. The van der Waals surface area contributed by atoms with E-state index in [9.17, 15) is 5.11 Å². The predicted octanol–water partition coefficient (Wildman–Crippen LogP) is 3.04. The third-order valence-corrected chi connectivity index (χ3v) is 2.71. The van der Waals surface area contributed by atoms with E-state index in [4.69, 9.17) is 0 Å². The molecule has 0 spiro atoms. The Morgan fingerprint density at radius 2 is 1.63 bits per heavy atom. The summed E-state index contributed by atoms with van der Waals surface area (Å²) in [5.74, 6) is 0.202. The van der Waals surface area contributed by atoms with E-state index in [2.05, 4.69) is 11.2 Å². The van der Waals surface area contributed by atoms with Gasteiger partial charge in [-0.2, -0.15) is 0 Å². The summed E-state index contributed by atoms with van der Waals surface area (Å²) in [5.41, 5.74) is 2.42. The molecule has 0 bridgehead atoms. The van der Waals surface area contributed by atoms with Crippen molar-refractivity contribution in [3.8, 4) is 22.7 Å². The Morgan fingerprint density at radius 1 is 0.947 bits per heavy atom. The minimum absolute atomic E-state index is 0. The molecule has 90 valence electrons. The maximum atomic E-state index is 9.77. The summed E-state index contributed by atoms with van der Waals surface area (Å²) in [6.45, 7) is 0. The van der Waals surface area contributed by atoms with Crippen LogP contribution in [0.5, 0.6) is 5.75 Å². The van der Waals surface area contributed by atoms with Gasteiger partial charge < -0.3 is 5.11 Å². The van der Waals surface area contributed by atoms with Crippen molar-refractivity contribution < 1.29 is 24.6 Å². The molecule has 3 rings (SSSR count). The monoisotopic (exact) mass is 299 g/mol. The minimum Gasteiger partial charge on any atom is -0.506 e. The van der Waals surface area contributed by atoms with Gasteiger partial charge in [0.1, 0.15) is 11.4 Å². The third kappa shape index (κ3) is 2.74. The van der Waals surface area contributed by atoms with Crippen molar-refractivity contribution in [2.24, 2.45) is 0 Å². The van der Waals surface area contributed by atoms with Gasteiger partial charge in [0.2, 0.25) is 0 Å². The van der Waals surface area contributed by atoms with E-state index in [-0.39, 0.29) is 25.2 Å². The Morgan fingerprint density at radius 3 is 2.37 bits per heavy atom. The molecule has 0 unspecified atom stereocenters. The fourth-order valence-electron chi connectivity index (χ4n) is 1.81. The average molecular weight is 301 g/mol. The van der Waals surface area contributed by atoms with Crippen LogP contribution in [0.2, 0.25) is 0 Å². The summed E-state index contributed by atoms with van der Waals surface area (Å²) in [5, 5.41) is 14.2. The van der Waals surface area contributed by atoms with Gasteiger partial charge in [0.25, 0.3) is 0 Å². The second-order valence-corrected chi connectivity index (χ2v) is 3.92. The summed E-state index contributed by atoms with van der Waals surface area (Å²) < 4.78 is 1.62. The molecule has 0 amide bonds. The van der Waals surface area contributed by atoms with Crippen LogP contribution >= 0.6 is 0 Å². The molecule has 1 heterocycles. The van der Waals surface area contributed by atoms with Crippen LogP contribution in [0.25, 0.3) is 16.9 Å². The summed E-state index contributed by atoms with van der Waals surface area (Å²) in [6, 6.07) is 20.0. The number of hydrogen-bond donors (Lipinski definition) is 1. The maximum absolute atomic E-state index is 9.77. The molecule has 0 radical (unpaired) electrons. The minimum atomic E-state index is 0. The van der Waals surface area contributed by atoms with Gasteiger partial charge in [-0.1, -0.05) is 42.2 Å². The number of benzene rings is 2. The molecule has 0 aliphatic carbocycles. The number of nitrogens with zero attached hydrogens (tertiary/aromatic N) is 2. The fourth-order valence-corrected chi connectivity index (χ4v) is 1.81. The van der Waals surface area contributed by atoms with Crippen LogP contribution in [0, 0.1) is 6.07 Å². The largest absolute Gasteiger partial charge is 0.506 e. The number of aromatic nitrogens is 2. The van der Waals surface area contributed by atoms with Crippen molar-refractivity contribution in [3.63, 3.8) is 0 Å². The zero-order chi connectivity index (χ0) is 12.4. The fraction of sp³-hybridized carbons (Fsp3) is 0. The first kappa shape index (κ1) is 13.5. The molecule has 0 aliphatic rings. The molecule has 0 saturated carbocycles. The average Bonchev–Trinajstić information content (AvgIpc) is 2.90. The van der Waals surface area contributed by atoms with Crippen molar-refractivity contribution in [3.05, 3.63) is 66.9 Å². The Labute approximate surface area is 124 Å². The van der Waals surface area contributed by atoms with E-state index in [1.54, 1.807) is 23.0 Å². The Balaban J connectivity index is 0.00000133.